The molecule has 5 nitrogen and oxygen atoms in total. The maximum absolute atomic E-state index is 11.4. The van der Waals surface area contributed by atoms with Gasteiger partial charge in [0, 0.05) is 17.1 Å². The molecule has 0 spiro atoms. The van der Waals surface area contributed by atoms with Crippen LogP contribution in [0, 0.1) is 0 Å². The van der Waals surface area contributed by atoms with Crippen molar-refractivity contribution in [3.8, 4) is 11.1 Å². The van der Waals surface area contributed by atoms with Crippen molar-refractivity contribution < 1.29 is 19.8 Å². The number of nitrogens with zero attached hydrogens (tertiary/aromatic N) is 1. The highest BCUT2D eigenvalue weighted by molar-refractivity contribution is 7.21. The molecule has 2 heterocycles. The van der Waals surface area contributed by atoms with E-state index in [4.69, 9.17) is 5.11 Å². The Balaban J connectivity index is 2.25. The number of fused-ring (bicyclic) bond motifs is 1. The highest BCUT2D eigenvalue weighted by Gasteiger charge is 2.19. The van der Waals surface area contributed by atoms with Crippen LogP contribution in [0.3, 0.4) is 0 Å². The first kappa shape index (κ1) is 13.3. The summed E-state index contributed by atoms with van der Waals surface area (Å²) in [5, 5.41) is 19.0. The number of carbonyl (C=O) groups is 2. The Morgan fingerprint density at radius 2 is 1.71 bits per heavy atom. The number of benzene rings is 1. The summed E-state index contributed by atoms with van der Waals surface area (Å²) in [4.78, 5) is 27.3. The van der Waals surface area contributed by atoms with E-state index in [1.54, 1.807) is 24.4 Å². The van der Waals surface area contributed by atoms with E-state index in [0.29, 0.717) is 16.0 Å². The van der Waals surface area contributed by atoms with Crippen molar-refractivity contribution in [2.24, 2.45) is 0 Å². The molecule has 0 aliphatic carbocycles. The highest BCUT2D eigenvalue weighted by atomic mass is 32.1. The molecule has 0 fully saturated rings. The van der Waals surface area contributed by atoms with Crippen LogP contribution in [0.25, 0.3) is 21.3 Å². The van der Waals surface area contributed by atoms with Crippen molar-refractivity contribution in [1.29, 1.82) is 0 Å². The summed E-state index contributed by atoms with van der Waals surface area (Å²) in [6.45, 7) is 0. The number of aromatic nitrogens is 1. The first-order chi connectivity index (χ1) is 10.1. The van der Waals surface area contributed by atoms with Crippen LogP contribution in [-0.4, -0.2) is 27.1 Å². The Labute approximate surface area is 123 Å². The van der Waals surface area contributed by atoms with Gasteiger partial charge in [-0.25, -0.2) is 14.6 Å². The van der Waals surface area contributed by atoms with Crippen molar-refractivity contribution in [3.63, 3.8) is 0 Å². The maximum atomic E-state index is 11.4. The minimum Gasteiger partial charge on any atom is -0.478 e. The van der Waals surface area contributed by atoms with Crippen LogP contribution >= 0.6 is 11.3 Å². The van der Waals surface area contributed by atoms with Gasteiger partial charge in [0.2, 0.25) is 0 Å². The van der Waals surface area contributed by atoms with Crippen molar-refractivity contribution >= 4 is 33.5 Å². The van der Waals surface area contributed by atoms with Gasteiger partial charge in [0.25, 0.3) is 0 Å². The summed E-state index contributed by atoms with van der Waals surface area (Å²) in [5.41, 5.74) is 1.40. The highest BCUT2D eigenvalue weighted by Crippen LogP contribution is 2.37. The smallest absolute Gasteiger partial charge is 0.346 e. The number of aromatic carboxylic acids is 2. The van der Waals surface area contributed by atoms with Crippen LogP contribution in [0.15, 0.2) is 42.6 Å². The van der Waals surface area contributed by atoms with Crippen LogP contribution < -0.4 is 0 Å². The lowest BCUT2D eigenvalue weighted by Gasteiger charge is -2.03. The predicted octanol–water partition coefficient (Wildman–Crippen LogP) is 3.36. The molecule has 0 aliphatic heterocycles. The van der Waals surface area contributed by atoms with Crippen LogP contribution in [0.4, 0.5) is 0 Å². The Kier molecular flexibility index (Phi) is 3.15. The zero-order chi connectivity index (χ0) is 15.0. The average molecular weight is 299 g/mol. The number of carboxylic acid groups (broad SMARTS) is 2. The molecule has 0 radical (unpaired) electrons. The summed E-state index contributed by atoms with van der Waals surface area (Å²) >= 11 is 1.11. The Morgan fingerprint density at radius 3 is 2.33 bits per heavy atom. The van der Waals surface area contributed by atoms with Crippen LogP contribution in [0.1, 0.15) is 20.0 Å². The van der Waals surface area contributed by atoms with Crippen LogP contribution in [-0.2, 0) is 0 Å². The fraction of sp³-hybridized carbons (Fsp3) is 0. The molecule has 2 aromatic heterocycles. The predicted molar refractivity (Wildman–Crippen MR) is 79.0 cm³/mol. The molecule has 2 N–H and O–H groups in total. The number of pyridine rings is 1. The van der Waals surface area contributed by atoms with Crippen LogP contribution in [0.2, 0.25) is 0 Å². The van der Waals surface area contributed by atoms with E-state index in [1.807, 2.05) is 6.07 Å². The van der Waals surface area contributed by atoms with E-state index < -0.39 is 11.9 Å². The molecule has 0 saturated heterocycles. The third-order valence-electron chi connectivity index (χ3n) is 3.08. The summed E-state index contributed by atoms with van der Waals surface area (Å²) in [7, 11) is 0. The number of carboxylic acids is 2. The summed E-state index contributed by atoms with van der Waals surface area (Å²) in [5.74, 6) is -2.04. The van der Waals surface area contributed by atoms with Gasteiger partial charge in [0.15, 0.2) is 0 Å². The zero-order valence-electron chi connectivity index (χ0n) is 10.6. The summed E-state index contributed by atoms with van der Waals surface area (Å²) in [6.07, 6.45) is 1.61. The Hall–Kier alpha value is -2.73. The summed E-state index contributed by atoms with van der Waals surface area (Å²) in [6, 6.07) is 9.71. The van der Waals surface area contributed by atoms with Crippen LogP contribution in [0.5, 0.6) is 0 Å². The fourth-order valence-electron chi connectivity index (χ4n) is 2.15. The molecule has 0 atom stereocenters. The van der Waals surface area contributed by atoms with Gasteiger partial charge >= 0.3 is 11.9 Å². The number of hydrogen-bond acceptors (Lipinski definition) is 4. The lowest BCUT2D eigenvalue weighted by atomic mass is 10.0. The van der Waals surface area contributed by atoms with Gasteiger partial charge in [-0.05, 0) is 29.8 Å². The SMILES string of the molecule is O=C(O)c1ccc(-c2c(C(=O)O)sc3ncccc23)cc1. The van der Waals surface area contributed by atoms with Crippen molar-refractivity contribution in [2.45, 2.75) is 0 Å². The molecule has 0 aliphatic rings. The molecule has 0 bridgehead atoms. The van der Waals surface area contributed by atoms with E-state index in [-0.39, 0.29) is 10.4 Å². The van der Waals surface area contributed by atoms with E-state index >= 15 is 0 Å². The molecule has 0 unspecified atom stereocenters. The van der Waals surface area contributed by atoms with Gasteiger partial charge in [-0.1, -0.05) is 12.1 Å². The first-order valence-electron chi connectivity index (χ1n) is 6.02. The monoisotopic (exact) mass is 299 g/mol. The second-order valence-corrected chi connectivity index (χ2v) is 5.35. The van der Waals surface area contributed by atoms with Gasteiger partial charge in [-0.2, -0.15) is 0 Å². The molecule has 3 rings (SSSR count). The molecule has 6 heteroatoms. The largest absolute Gasteiger partial charge is 0.478 e. The van der Waals surface area contributed by atoms with Gasteiger partial charge in [-0.3, -0.25) is 0 Å². The topological polar surface area (TPSA) is 87.5 Å². The van der Waals surface area contributed by atoms with E-state index in [9.17, 15) is 14.7 Å². The molecule has 0 saturated carbocycles. The normalized spacial score (nSPS) is 10.7. The fourth-order valence-corrected chi connectivity index (χ4v) is 3.15. The maximum Gasteiger partial charge on any atom is 0.346 e. The molecule has 0 amide bonds. The van der Waals surface area contributed by atoms with Gasteiger partial charge in [-0.15, -0.1) is 11.3 Å². The summed E-state index contributed by atoms with van der Waals surface area (Å²) < 4.78 is 0. The second-order valence-electron chi connectivity index (χ2n) is 4.35. The minimum absolute atomic E-state index is 0.160. The van der Waals surface area contributed by atoms with Gasteiger partial charge in [0.1, 0.15) is 9.71 Å². The molecular formula is C15H9NO4S. The van der Waals surface area contributed by atoms with E-state index in [0.717, 1.165) is 16.7 Å². The quantitative estimate of drug-likeness (QED) is 0.774. The zero-order valence-corrected chi connectivity index (χ0v) is 11.4. The van der Waals surface area contributed by atoms with Crippen molar-refractivity contribution in [2.75, 3.05) is 0 Å². The van der Waals surface area contributed by atoms with Gasteiger partial charge in [0.05, 0.1) is 5.56 Å². The molecule has 3 aromatic rings. The first-order valence-corrected chi connectivity index (χ1v) is 6.84. The lowest BCUT2D eigenvalue weighted by molar-refractivity contribution is 0.0688. The second kappa shape index (κ2) is 4.99. The van der Waals surface area contributed by atoms with Crippen molar-refractivity contribution in [1.82, 2.24) is 4.98 Å². The third-order valence-corrected chi connectivity index (χ3v) is 4.18. The Bertz CT molecular complexity index is 852. The minimum atomic E-state index is -1.02. The molecule has 1 aromatic carbocycles. The number of rotatable bonds is 3. The Morgan fingerprint density at radius 1 is 1.00 bits per heavy atom. The number of hydrogen-bond donors (Lipinski definition) is 2. The van der Waals surface area contributed by atoms with E-state index in [1.165, 1.54) is 12.1 Å². The molecular weight excluding hydrogens is 290 g/mol. The standard InChI is InChI=1S/C15H9NO4S/c17-14(18)9-5-3-8(4-6-9)11-10-2-1-7-16-13(10)21-12(11)15(19)20/h1-7H,(H,17,18)(H,19,20). The van der Waals surface area contributed by atoms with E-state index in [2.05, 4.69) is 4.98 Å². The van der Waals surface area contributed by atoms with Crippen molar-refractivity contribution in [3.05, 3.63) is 53.0 Å². The third kappa shape index (κ3) is 2.25. The number of thiophene rings is 1. The lowest BCUT2D eigenvalue weighted by Crippen LogP contribution is -1.97. The molecule has 104 valence electrons. The average Bonchev–Trinajstić information content (AvgIpc) is 2.87. The molecule has 21 heavy (non-hydrogen) atoms. The van der Waals surface area contributed by atoms with Gasteiger partial charge < -0.3 is 10.2 Å².